The summed E-state index contributed by atoms with van der Waals surface area (Å²) >= 11 is 0. The number of hydrogen-bond donors (Lipinski definition) is 3. The summed E-state index contributed by atoms with van der Waals surface area (Å²) < 4.78 is 4.80. The van der Waals surface area contributed by atoms with Gasteiger partial charge in [0.15, 0.2) is 11.5 Å². The Labute approximate surface area is 81.7 Å². The Morgan fingerprint density at radius 2 is 2.07 bits per heavy atom. The molecule has 0 saturated carbocycles. The number of aliphatic hydroxyl groups excluding tert-OH is 1. The first-order chi connectivity index (χ1) is 6.70. The molecule has 0 saturated heterocycles. The number of aromatic hydroxyl groups is 2. The third-order valence-electron chi connectivity index (χ3n) is 1.75. The summed E-state index contributed by atoms with van der Waals surface area (Å²) in [7, 11) is 1.36. The molecule has 76 valence electrons. The summed E-state index contributed by atoms with van der Waals surface area (Å²) in [5.74, 6) is -0.228. The van der Waals surface area contributed by atoms with Crippen LogP contribution in [-0.4, -0.2) is 29.0 Å². The van der Waals surface area contributed by atoms with E-state index in [1.165, 1.54) is 31.4 Å². The van der Waals surface area contributed by atoms with Crippen molar-refractivity contribution < 1.29 is 20.1 Å². The topological polar surface area (TPSA) is 69.9 Å². The van der Waals surface area contributed by atoms with Gasteiger partial charge in [0, 0.05) is 5.56 Å². The molecule has 0 radical (unpaired) electrons. The molecule has 0 aliphatic carbocycles. The summed E-state index contributed by atoms with van der Waals surface area (Å²) in [6.07, 6.45) is 3.02. The second-order valence-electron chi connectivity index (χ2n) is 2.64. The number of benzene rings is 1. The minimum atomic E-state index is -0.141. The Morgan fingerprint density at radius 1 is 1.36 bits per heavy atom. The van der Waals surface area contributed by atoms with Crippen LogP contribution in [0.5, 0.6) is 17.2 Å². The molecule has 0 spiro atoms. The molecule has 0 heterocycles. The fraction of sp³-hybridized carbons (Fsp3) is 0.200. The fourth-order valence-electron chi connectivity index (χ4n) is 1.09. The van der Waals surface area contributed by atoms with Crippen LogP contribution in [0, 0.1) is 0 Å². The molecule has 0 atom stereocenters. The van der Waals surface area contributed by atoms with Crippen molar-refractivity contribution in [1.29, 1.82) is 0 Å². The number of hydrogen-bond acceptors (Lipinski definition) is 4. The molecule has 0 bridgehead atoms. The highest BCUT2D eigenvalue weighted by molar-refractivity contribution is 5.65. The van der Waals surface area contributed by atoms with Crippen LogP contribution in [0.4, 0.5) is 0 Å². The van der Waals surface area contributed by atoms with E-state index in [2.05, 4.69) is 0 Å². The first-order valence-electron chi connectivity index (χ1n) is 4.07. The molecule has 0 fully saturated rings. The molecular weight excluding hydrogens is 184 g/mol. The quantitative estimate of drug-likeness (QED) is 0.677. The maximum absolute atomic E-state index is 9.58. The highest BCUT2D eigenvalue weighted by atomic mass is 16.5. The van der Waals surface area contributed by atoms with Gasteiger partial charge in [-0.2, -0.15) is 0 Å². The molecule has 4 nitrogen and oxygen atoms in total. The van der Waals surface area contributed by atoms with E-state index in [4.69, 9.17) is 9.84 Å². The van der Waals surface area contributed by atoms with Gasteiger partial charge in [0.1, 0.15) is 0 Å². The fourth-order valence-corrected chi connectivity index (χ4v) is 1.09. The van der Waals surface area contributed by atoms with Crippen LogP contribution in [0.1, 0.15) is 5.56 Å². The average Bonchev–Trinajstić information content (AvgIpc) is 2.18. The molecule has 1 rings (SSSR count). The van der Waals surface area contributed by atoms with Crippen molar-refractivity contribution >= 4 is 6.08 Å². The first-order valence-corrected chi connectivity index (χ1v) is 4.07. The lowest BCUT2D eigenvalue weighted by Gasteiger charge is -2.07. The molecule has 14 heavy (non-hydrogen) atoms. The van der Waals surface area contributed by atoms with Crippen LogP contribution in [0.15, 0.2) is 18.2 Å². The van der Waals surface area contributed by atoms with E-state index in [1.54, 1.807) is 0 Å². The monoisotopic (exact) mass is 196 g/mol. The van der Waals surface area contributed by atoms with E-state index in [0.717, 1.165) is 0 Å². The number of phenolic OH excluding ortho intramolecular Hbond substituents is 2. The SMILES string of the molecule is COc1c(O)ccc(/C=C\CO)c1O. The van der Waals surface area contributed by atoms with Crippen molar-refractivity contribution in [2.45, 2.75) is 0 Å². The van der Waals surface area contributed by atoms with Gasteiger partial charge in [-0.05, 0) is 12.1 Å². The zero-order valence-corrected chi connectivity index (χ0v) is 7.77. The largest absolute Gasteiger partial charge is 0.504 e. The molecule has 0 aliphatic heterocycles. The van der Waals surface area contributed by atoms with Gasteiger partial charge in [0.2, 0.25) is 5.75 Å². The Balaban J connectivity index is 3.14. The number of aliphatic hydroxyl groups is 1. The van der Waals surface area contributed by atoms with E-state index >= 15 is 0 Å². The number of rotatable bonds is 3. The van der Waals surface area contributed by atoms with Crippen molar-refractivity contribution in [2.75, 3.05) is 13.7 Å². The van der Waals surface area contributed by atoms with Gasteiger partial charge >= 0.3 is 0 Å². The molecule has 0 aliphatic rings. The summed E-state index contributed by atoms with van der Waals surface area (Å²) in [6.45, 7) is -0.109. The highest BCUT2D eigenvalue weighted by Crippen LogP contribution is 2.38. The van der Waals surface area contributed by atoms with Crippen molar-refractivity contribution in [3.8, 4) is 17.2 Å². The van der Waals surface area contributed by atoms with E-state index < -0.39 is 0 Å². The van der Waals surface area contributed by atoms with Crippen molar-refractivity contribution in [3.63, 3.8) is 0 Å². The first kappa shape index (κ1) is 10.4. The predicted octanol–water partition coefficient (Wildman–Crippen LogP) is 1.11. The molecule has 1 aromatic rings. The van der Waals surface area contributed by atoms with Crippen LogP contribution >= 0.6 is 0 Å². The smallest absolute Gasteiger partial charge is 0.203 e. The minimum absolute atomic E-state index is 0.0325. The van der Waals surface area contributed by atoms with Gasteiger partial charge in [0.25, 0.3) is 0 Å². The van der Waals surface area contributed by atoms with Crippen LogP contribution in [0.2, 0.25) is 0 Å². The summed E-state index contributed by atoms with van der Waals surface area (Å²) in [4.78, 5) is 0. The van der Waals surface area contributed by atoms with Gasteiger partial charge in [-0.15, -0.1) is 0 Å². The second-order valence-corrected chi connectivity index (χ2v) is 2.64. The number of ether oxygens (including phenoxy) is 1. The Kier molecular flexibility index (Phi) is 3.36. The number of phenols is 2. The van der Waals surface area contributed by atoms with Gasteiger partial charge in [0.05, 0.1) is 13.7 Å². The Hall–Kier alpha value is -1.68. The Bertz CT molecular complexity index is 344. The molecule has 0 amide bonds. The standard InChI is InChI=1S/C10H12O4/c1-14-10-8(12)5-4-7(9(10)13)3-2-6-11/h2-5,11-13H,6H2,1H3/b3-2-. The Morgan fingerprint density at radius 3 is 2.64 bits per heavy atom. The van der Waals surface area contributed by atoms with E-state index in [1.807, 2.05) is 0 Å². The molecular formula is C10H12O4. The van der Waals surface area contributed by atoms with E-state index in [-0.39, 0.29) is 23.9 Å². The maximum Gasteiger partial charge on any atom is 0.203 e. The second kappa shape index (κ2) is 4.53. The lowest BCUT2D eigenvalue weighted by atomic mass is 10.1. The third-order valence-corrected chi connectivity index (χ3v) is 1.75. The summed E-state index contributed by atoms with van der Waals surface area (Å²) in [5.41, 5.74) is 0.480. The van der Waals surface area contributed by atoms with E-state index in [0.29, 0.717) is 5.56 Å². The zero-order chi connectivity index (χ0) is 10.6. The van der Waals surface area contributed by atoms with Gasteiger partial charge in [-0.1, -0.05) is 12.2 Å². The predicted molar refractivity (Wildman–Crippen MR) is 52.4 cm³/mol. The zero-order valence-electron chi connectivity index (χ0n) is 7.77. The average molecular weight is 196 g/mol. The molecule has 1 aromatic carbocycles. The normalized spacial score (nSPS) is 10.7. The molecule has 0 unspecified atom stereocenters. The van der Waals surface area contributed by atoms with Gasteiger partial charge in [-0.25, -0.2) is 0 Å². The molecule has 0 aromatic heterocycles. The molecule has 4 heteroatoms. The van der Waals surface area contributed by atoms with Crippen LogP contribution in [0.3, 0.4) is 0 Å². The summed E-state index contributed by atoms with van der Waals surface area (Å²) in [6, 6.07) is 2.94. The third kappa shape index (κ3) is 1.97. The van der Waals surface area contributed by atoms with Crippen molar-refractivity contribution in [2.24, 2.45) is 0 Å². The van der Waals surface area contributed by atoms with E-state index in [9.17, 15) is 10.2 Å². The van der Waals surface area contributed by atoms with Gasteiger partial charge in [-0.3, -0.25) is 0 Å². The van der Waals surface area contributed by atoms with Crippen molar-refractivity contribution in [3.05, 3.63) is 23.8 Å². The lowest BCUT2D eigenvalue weighted by molar-refractivity contribution is 0.342. The number of methoxy groups -OCH3 is 1. The highest BCUT2D eigenvalue weighted by Gasteiger charge is 2.10. The lowest BCUT2D eigenvalue weighted by Crippen LogP contribution is -1.86. The van der Waals surface area contributed by atoms with Gasteiger partial charge < -0.3 is 20.1 Å². The minimum Gasteiger partial charge on any atom is -0.504 e. The van der Waals surface area contributed by atoms with Crippen LogP contribution < -0.4 is 4.74 Å². The maximum atomic E-state index is 9.58. The van der Waals surface area contributed by atoms with Crippen molar-refractivity contribution in [1.82, 2.24) is 0 Å². The van der Waals surface area contributed by atoms with Crippen LogP contribution in [0.25, 0.3) is 6.08 Å². The summed E-state index contributed by atoms with van der Waals surface area (Å²) in [5, 5.41) is 27.4. The molecule has 3 N–H and O–H groups in total. The van der Waals surface area contributed by atoms with Crippen LogP contribution in [-0.2, 0) is 0 Å².